The third-order valence-electron chi connectivity index (χ3n) is 5.06. The van der Waals surface area contributed by atoms with E-state index in [1.54, 1.807) is 6.92 Å². The van der Waals surface area contributed by atoms with Gasteiger partial charge in [-0.3, -0.25) is 4.79 Å². The molecule has 1 rings (SSSR count). The number of hydrogen-bond acceptors (Lipinski definition) is 5. The summed E-state index contributed by atoms with van der Waals surface area (Å²) in [5, 5.41) is 11.7. The van der Waals surface area contributed by atoms with Gasteiger partial charge in [-0.05, 0) is 47.5 Å². The lowest BCUT2D eigenvalue weighted by Gasteiger charge is -2.50. The maximum Gasteiger partial charge on any atom is 0.306 e. The van der Waals surface area contributed by atoms with Crippen molar-refractivity contribution in [3.05, 3.63) is 0 Å². The molecule has 1 aliphatic rings. The number of ketones is 1. The molecule has 5 heteroatoms. The van der Waals surface area contributed by atoms with Crippen LogP contribution in [0.3, 0.4) is 0 Å². The monoisotopic (exact) mass is 355 g/mol. The minimum absolute atomic E-state index is 0.125. The molecular weight excluding hydrogens is 318 g/mol. The fourth-order valence-corrected chi connectivity index (χ4v) is 3.86. The maximum atomic E-state index is 12.1. The molecular formula is C20H37NO4. The first kappa shape index (κ1) is 22.1. The maximum absolute atomic E-state index is 12.1. The normalized spacial score (nSPS) is 20.4. The zero-order valence-electron chi connectivity index (χ0n) is 16.8. The summed E-state index contributed by atoms with van der Waals surface area (Å²) < 4.78 is 5.67. The summed E-state index contributed by atoms with van der Waals surface area (Å²) in [6.07, 6.45) is 8.50. The van der Waals surface area contributed by atoms with Crippen LogP contribution in [0.25, 0.3) is 0 Å². The van der Waals surface area contributed by atoms with E-state index >= 15 is 0 Å². The lowest BCUT2D eigenvalue weighted by molar-refractivity contribution is -0.259. The lowest BCUT2D eigenvalue weighted by atomic mass is 9.80. The van der Waals surface area contributed by atoms with Crippen LogP contribution in [0.5, 0.6) is 0 Å². The van der Waals surface area contributed by atoms with Crippen LogP contribution < -0.4 is 0 Å². The van der Waals surface area contributed by atoms with Crippen LogP contribution in [0.4, 0.5) is 0 Å². The summed E-state index contributed by atoms with van der Waals surface area (Å²) in [6.45, 7) is 9.53. The Balaban J connectivity index is 2.19. The number of carbonyl (C=O) groups excluding carboxylic acids is 2. The number of nitrogens with zero attached hydrogens (tertiary/aromatic N) is 1. The number of carbonyl (C=O) groups is 2. The van der Waals surface area contributed by atoms with Crippen LogP contribution in [0.15, 0.2) is 0 Å². The van der Waals surface area contributed by atoms with Crippen molar-refractivity contribution in [3.63, 3.8) is 0 Å². The van der Waals surface area contributed by atoms with Crippen LogP contribution in [0, 0.1) is 0 Å². The summed E-state index contributed by atoms with van der Waals surface area (Å²) in [6, 6.07) is 0. The van der Waals surface area contributed by atoms with Gasteiger partial charge in [0.1, 0.15) is 11.9 Å². The quantitative estimate of drug-likeness (QED) is 0.456. The summed E-state index contributed by atoms with van der Waals surface area (Å²) in [5.41, 5.74) is -0.793. The van der Waals surface area contributed by atoms with Crippen LogP contribution in [-0.2, 0) is 14.3 Å². The van der Waals surface area contributed by atoms with Gasteiger partial charge in [-0.15, -0.1) is 0 Å². The van der Waals surface area contributed by atoms with Crippen molar-refractivity contribution in [2.24, 2.45) is 0 Å². The van der Waals surface area contributed by atoms with Gasteiger partial charge in [-0.25, -0.2) is 0 Å². The topological polar surface area (TPSA) is 66.8 Å². The molecule has 0 atom stereocenters. The molecule has 0 unspecified atom stereocenters. The first-order chi connectivity index (χ1) is 11.5. The highest BCUT2D eigenvalue weighted by Gasteiger charge is 2.46. The molecule has 0 amide bonds. The Kier molecular flexibility index (Phi) is 8.55. The lowest BCUT2D eigenvalue weighted by Crippen LogP contribution is -2.60. The molecule has 0 aliphatic carbocycles. The van der Waals surface area contributed by atoms with E-state index in [0.29, 0.717) is 25.7 Å². The van der Waals surface area contributed by atoms with Gasteiger partial charge in [0.15, 0.2) is 0 Å². The highest BCUT2D eigenvalue weighted by molar-refractivity contribution is 5.75. The van der Waals surface area contributed by atoms with Gasteiger partial charge < -0.3 is 14.7 Å². The molecule has 0 bridgehead atoms. The molecule has 5 nitrogen and oxygen atoms in total. The van der Waals surface area contributed by atoms with Gasteiger partial charge in [0.25, 0.3) is 0 Å². The molecule has 1 fully saturated rings. The van der Waals surface area contributed by atoms with Crippen molar-refractivity contribution < 1.29 is 19.5 Å². The molecule has 0 spiro atoms. The Labute approximate surface area is 153 Å². The molecule has 0 aromatic carbocycles. The van der Waals surface area contributed by atoms with E-state index in [9.17, 15) is 14.8 Å². The molecule has 0 saturated carbocycles. The van der Waals surface area contributed by atoms with Gasteiger partial charge in [0.2, 0.25) is 0 Å². The standard InChI is InChI=1S/C20H37NO4/c1-16(22)12-10-8-6-7-9-11-13-18(23)25-17-14-19(2,3)21(24)20(4,5)15-17/h17,24H,6-15H2,1-5H3. The second-order valence-electron chi connectivity index (χ2n) is 8.78. The highest BCUT2D eigenvalue weighted by Crippen LogP contribution is 2.38. The SMILES string of the molecule is CC(=O)CCCCCCCCC(=O)OC1CC(C)(C)N(O)C(C)(C)C1. The van der Waals surface area contributed by atoms with Crippen molar-refractivity contribution >= 4 is 11.8 Å². The van der Waals surface area contributed by atoms with E-state index in [-0.39, 0.29) is 17.9 Å². The number of hydrogen-bond donors (Lipinski definition) is 1. The second-order valence-corrected chi connectivity index (χ2v) is 8.78. The number of rotatable bonds is 10. The van der Waals surface area contributed by atoms with E-state index in [2.05, 4.69) is 0 Å². The summed E-state index contributed by atoms with van der Waals surface area (Å²) in [7, 11) is 0. The van der Waals surface area contributed by atoms with Crippen molar-refractivity contribution in [1.82, 2.24) is 5.06 Å². The number of piperidine rings is 1. The van der Waals surface area contributed by atoms with Gasteiger partial charge in [0, 0.05) is 36.8 Å². The fourth-order valence-electron chi connectivity index (χ4n) is 3.86. The summed E-state index contributed by atoms with van der Waals surface area (Å²) in [4.78, 5) is 22.9. The minimum atomic E-state index is -0.396. The number of ether oxygens (including phenoxy) is 1. The number of unbranched alkanes of at least 4 members (excludes halogenated alkanes) is 5. The Morgan fingerprint density at radius 3 is 1.84 bits per heavy atom. The third kappa shape index (κ3) is 7.87. The fraction of sp³-hybridized carbons (Fsp3) is 0.900. The average Bonchev–Trinajstić information content (AvgIpc) is 2.46. The Morgan fingerprint density at radius 1 is 0.920 bits per heavy atom. The van der Waals surface area contributed by atoms with Crippen LogP contribution in [-0.4, -0.2) is 39.2 Å². The predicted octanol–water partition coefficient (Wildman–Crippen LogP) is 4.65. The Hall–Kier alpha value is -0.940. The Morgan fingerprint density at radius 2 is 1.36 bits per heavy atom. The first-order valence-corrected chi connectivity index (χ1v) is 9.73. The van der Waals surface area contributed by atoms with Crippen LogP contribution >= 0.6 is 0 Å². The van der Waals surface area contributed by atoms with Crippen molar-refractivity contribution in [2.75, 3.05) is 0 Å². The second kappa shape index (κ2) is 9.67. The van der Waals surface area contributed by atoms with Crippen molar-refractivity contribution in [2.45, 2.75) is 116 Å². The van der Waals surface area contributed by atoms with Gasteiger partial charge in [-0.1, -0.05) is 25.7 Å². The smallest absolute Gasteiger partial charge is 0.306 e. The zero-order valence-corrected chi connectivity index (χ0v) is 16.8. The largest absolute Gasteiger partial charge is 0.462 e. The van der Waals surface area contributed by atoms with Gasteiger partial charge in [-0.2, -0.15) is 5.06 Å². The minimum Gasteiger partial charge on any atom is -0.462 e. The molecule has 1 N–H and O–H groups in total. The molecule has 0 radical (unpaired) electrons. The molecule has 1 saturated heterocycles. The van der Waals surface area contributed by atoms with Crippen LogP contribution in [0.1, 0.15) is 98.8 Å². The van der Waals surface area contributed by atoms with Crippen LogP contribution in [0.2, 0.25) is 0 Å². The van der Waals surface area contributed by atoms with Crippen molar-refractivity contribution in [1.29, 1.82) is 0 Å². The predicted molar refractivity (Wildman–Crippen MR) is 98.5 cm³/mol. The van der Waals surface area contributed by atoms with Gasteiger partial charge >= 0.3 is 5.97 Å². The van der Waals surface area contributed by atoms with Crippen molar-refractivity contribution in [3.8, 4) is 0 Å². The molecule has 1 aliphatic heterocycles. The molecule has 146 valence electrons. The van der Waals surface area contributed by atoms with E-state index in [0.717, 1.165) is 38.5 Å². The average molecular weight is 356 g/mol. The number of hydroxylamine groups is 2. The highest BCUT2D eigenvalue weighted by atomic mass is 16.5. The van der Waals surface area contributed by atoms with E-state index in [1.807, 2.05) is 27.7 Å². The summed E-state index contributed by atoms with van der Waals surface area (Å²) in [5.74, 6) is 0.140. The van der Waals surface area contributed by atoms with E-state index in [4.69, 9.17) is 4.74 Å². The third-order valence-corrected chi connectivity index (χ3v) is 5.06. The van der Waals surface area contributed by atoms with E-state index < -0.39 is 11.1 Å². The first-order valence-electron chi connectivity index (χ1n) is 9.73. The molecule has 0 aromatic rings. The summed E-state index contributed by atoms with van der Waals surface area (Å²) >= 11 is 0. The van der Waals surface area contributed by atoms with Gasteiger partial charge in [0.05, 0.1) is 0 Å². The van der Waals surface area contributed by atoms with E-state index in [1.165, 1.54) is 5.06 Å². The molecule has 1 heterocycles. The number of esters is 1. The Bertz CT molecular complexity index is 427. The molecule has 25 heavy (non-hydrogen) atoms. The zero-order chi connectivity index (χ0) is 19.1. The molecule has 0 aromatic heterocycles. The number of Topliss-reactive ketones (excluding diaryl/α,β-unsaturated/α-hetero) is 1.